The average Bonchev–Trinajstić information content (AvgIpc) is 2.20. The molecule has 0 aliphatic rings. The highest BCUT2D eigenvalue weighted by atomic mass is 19.1. The van der Waals surface area contributed by atoms with Gasteiger partial charge >= 0.3 is 11.9 Å². The van der Waals surface area contributed by atoms with E-state index in [1.165, 1.54) is 18.2 Å². The maximum absolute atomic E-state index is 13.0. The largest absolute Gasteiger partial charge is 0.479 e. The summed E-state index contributed by atoms with van der Waals surface area (Å²) in [7, 11) is 0. The van der Waals surface area contributed by atoms with Crippen molar-refractivity contribution in [2.75, 3.05) is 0 Å². The van der Waals surface area contributed by atoms with Gasteiger partial charge in [-0.2, -0.15) is 10.2 Å². The molecule has 0 atom stereocenters. The predicted octanol–water partition coefficient (Wildman–Crippen LogP) is 1.45. The molecule has 0 unspecified atom stereocenters. The van der Waals surface area contributed by atoms with Crippen LogP contribution in [0.4, 0.5) is 10.1 Å². The molecule has 0 aromatic heterocycles. The molecule has 6 nitrogen and oxygen atoms in total. The number of carboxylic acids is 2. The third-order valence-corrected chi connectivity index (χ3v) is 1.60. The van der Waals surface area contributed by atoms with Gasteiger partial charge in [0.15, 0.2) is 5.82 Å². The van der Waals surface area contributed by atoms with Gasteiger partial charge in [-0.05, 0) is 12.1 Å². The molecule has 84 valence electrons. The molecule has 0 heterocycles. The van der Waals surface area contributed by atoms with Gasteiger partial charge < -0.3 is 10.2 Å². The van der Waals surface area contributed by atoms with E-state index >= 15 is 0 Å². The van der Waals surface area contributed by atoms with Gasteiger partial charge in [0, 0.05) is 0 Å². The molecule has 1 rings (SSSR count). The summed E-state index contributed by atoms with van der Waals surface area (Å²) < 4.78 is 13.0. The summed E-state index contributed by atoms with van der Waals surface area (Å²) in [5.74, 6) is -4.03. The Hall–Kier alpha value is -2.31. The van der Waals surface area contributed by atoms with Crippen LogP contribution in [0.2, 0.25) is 0 Å². The first kappa shape index (κ1) is 11.8. The lowest BCUT2D eigenvalue weighted by molar-refractivity contribution is -0.149. The number of halogens is 1. The van der Waals surface area contributed by atoms with Crippen LogP contribution in [0.5, 0.6) is 0 Å². The highest BCUT2D eigenvalue weighted by Crippen LogP contribution is 2.17. The van der Waals surface area contributed by atoms with Crippen molar-refractivity contribution in [1.82, 2.24) is 0 Å². The third kappa shape index (κ3) is 2.84. The maximum Gasteiger partial charge on any atom is 0.342 e. The van der Waals surface area contributed by atoms with E-state index in [1.54, 1.807) is 0 Å². The summed E-state index contributed by atoms with van der Waals surface area (Å²) >= 11 is 0. The number of azo groups is 1. The second-order valence-corrected chi connectivity index (χ2v) is 2.75. The van der Waals surface area contributed by atoms with Crippen LogP contribution in [0, 0.1) is 5.82 Å². The lowest BCUT2D eigenvalue weighted by atomic mass is 10.3. The predicted molar refractivity (Wildman–Crippen MR) is 50.0 cm³/mol. The third-order valence-electron chi connectivity index (χ3n) is 1.60. The van der Waals surface area contributed by atoms with Crippen LogP contribution < -0.4 is 0 Å². The van der Waals surface area contributed by atoms with Crippen LogP contribution in [0.25, 0.3) is 0 Å². The molecule has 0 aliphatic carbocycles. The molecule has 16 heavy (non-hydrogen) atoms. The van der Waals surface area contributed by atoms with E-state index in [2.05, 4.69) is 10.2 Å². The van der Waals surface area contributed by atoms with Crippen molar-refractivity contribution in [2.24, 2.45) is 10.2 Å². The lowest BCUT2D eigenvalue weighted by Gasteiger charge is -1.99. The molecule has 0 saturated heterocycles. The topological polar surface area (TPSA) is 99.3 Å². The first-order chi connectivity index (χ1) is 7.52. The van der Waals surface area contributed by atoms with E-state index in [1.807, 2.05) is 0 Å². The molecule has 0 bridgehead atoms. The molecule has 1 aromatic carbocycles. The normalized spacial score (nSPS) is 10.9. The van der Waals surface area contributed by atoms with E-state index in [-0.39, 0.29) is 5.69 Å². The minimum atomic E-state index is -2.03. The van der Waals surface area contributed by atoms with Gasteiger partial charge in [0.1, 0.15) is 5.69 Å². The first-order valence-electron chi connectivity index (χ1n) is 4.13. The highest BCUT2D eigenvalue weighted by Gasteiger charge is 2.25. The molecule has 0 aliphatic heterocycles. The van der Waals surface area contributed by atoms with Crippen LogP contribution in [-0.2, 0) is 9.59 Å². The molecule has 0 saturated carbocycles. The van der Waals surface area contributed by atoms with Crippen LogP contribution in [0.1, 0.15) is 0 Å². The molecule has 1 aromatic rings. The molecule has 0 amide bonds. The zero-order chi connectivity index (χ0) is 12.1. The van der Waals surface area contributed by atoms with E-state index in [9.17, 15) is 14.0 Å². The Bertz CT molecular complexity index is 433. The monoisotopic (exact) mass is 226 g/mol. The number of carbonyl (C=O) groups is 2. The van der Waals surface area contributed by atoms with Crippen LogP contribution >= 0.6 is 0 Å². The fourth-order valence-electron chi connectivity index (χ4n) is 0.857. The Kier molecular flexibility index (Phi) is 3.65. The van der Waals surface area contributed by atoms with Gasteiger partial charge in [-0.3, -0.25) is 0 Å². The Morgan fingerprint density at radius 1 is 1.19 bits per heavy atom. The number of nitrogens with zero attached hydrogens (tertiary/aromatic N) is 2. The molecule has 7 heteroatoms. The van der Waals surface area contributed by atoms with Crippen molar-refractivity contribution in [3.8, 4) is 0 Å². The summed E-state index contributed by atoms with van der Waals surface area (Å²) in [6, 6.07) is 3.21. The van der Waals surface area contributed by atoms with E-state index in [0.29, 0.717) is 0 Å². The number of aliphatic carboxylic acids is 2. The van der Waals surface area contributed by atoms with E-state index < -0.39 is 23.8 Å². The van der Waals surface area contributed by atoms with Gasteiger partial charge in [0.25, 0.3) is 6.04 Å². The summed E-state index contributed by atoms with van der Waals surface area (Å²) in [5, 5.41) is 23.2. The molecule has 0 fully saturated rings. The zero-order valence-corrected chi connectivity index (χ0v) is 7.87. The highest BCUT2D eigenvalue weighted by molar-refractivity contribution is 5.97. The van der Waals surface area contributed by atoms with E-state index in [4.69, 9.17) is 10.2 Å². The van der Waals surface area contributed by atoms with Crippen molar-refractivity contribution in [2.45, 2.75) is 6.04 Å². The van der Waals surface area contributed by atoms with Crippen molar-refractivity contribution < 1.29 is 24.2 Å². The minimum absolute atomic E-state index is 0.213. The smallest absolute Gasteiger partial charge is 0.342 e. The SMILES string of the molecule is O=C(O)C(N=Nc1ccccc1F)C(=O)O. The maximum atomic E-state index is 13.0. The van der Waals surface area contributed by atoms with Crippen LogP contribution in [-0.4, -0.2) is 28.2 Å². The quantitative estimate of drug-likeness (QED) is 0.599. The molecular formula is C9H7FN2O4. The molecular weight excluding hydrogens is 219 g/mol. The second-order valence-electron chi connectivity index (χ2n) is 2.75. The fraction of sp³-hybridized carbons (Fsp3) is 0.111. The van der Waals surface area contributed by atoms with Crippen molar-refractivity contribution in [3.05, 3.63) is 30.1 Å². The Balaban J connectivity index is 2.91. The van der Waals surface area contributed by atoms with Crippen LogP contribution in [0.3, 0.4) is 0 Å². The number of benzene rings is 1. The lowest BCUT2D eigenvalue weighted by Crippen LogP contribution is -2.27. The number of hydrogen-bond donors (Lipinski definition) is 2. The van der Waals surface area contributed by atoms with Gasteiger partial charge in [-0.15, -0.1) is 0 Å². The Morgan fingerprint density at radius 2 is 1.75 bits per heavy atom. The van der Waals surface area contributed by atoms with Crippen molar-refractivity contribution >= 4 is 17.6 Å². The average molecular weight is 226 g/mol. The number of hydrogen-bond acceptors (Lipinski definition) is 4. The van der Waals surface area contributed by atoms with E-state index in [0.717, 1.165) is 6.07 Å². The summed E-state index contributed by atoms with van der Waals surface area (Å²) in [6.45, 7) is 0. The Morgan fingerprint density at radius 3 is 2.25 bits per heavy atom. The van der Waals surface area contributed by atoms with Gasteiger partial charge in [0.05, 0.1) is 0 Å². The Labute approximate surface area is 89.1 Å². The second kappa shape index (κ2) is 4.96. The molecule has 0 radical (unpaired) electrons. The summed E-state index contributed by atoms with van der Waals surface area (Å²) in [5.41, 5.74) is -0.213. The summed E-state index contributed by atoms with van der Waals surface area (Å²) in [4.78, 5) is 20.8. The molecule has 0 spiro atoms. The summed E-state index contributed by atoms with van der Waals surface area (Å²) in [6.07, 6.45) is 0. The van der Waals surface area contributed by atoms with Gasteiger partial charge in [-0.25, -0.2) is 14.0 Å². The zero-order valence-electron chi connectivity index (χ0n) is 7.87. The number of carboxylic acid groups (broad SMARTS) is 2. The fourth-order valence-corrected chi connectivity index (χ4v) is 0.857. The van der Waals surface area contributed by atoms with Gasteiger partial charge in [0.2, 0.25) is 0 Å². The van der Waals surface area contributed by atoms with Crippen molar-refractivity contribution in [1.29, 1.82) is 0 Å². The minimum Gasteiger partial charge on any atom is -0.479 e. The van der Waals surface area contributed by atoms with Gasteiger partial charge in [-0.1, -0.05) is 12.1 Å². The first-order valence-corrected chi connectivity index (χ1v) is 4.13. The standard InChI is InChI=1S/C9H7FN2O4/c10-5-3-1-2-4-6(5)11-12-7(8(13)14)9(15)16/h1-4,7H,(H,13,14)(H,15,16). The van der Waals surface area contributed by atoms with Crippen molar-refractivity contribution in [3.63, 3.8) is 0 Å². The van der Waals surface area contributed by atoms with Crippen LogP contribution in [0.15, 0.2) is 34.5 Å². The molecule has 2 N–H and O–H groups in total. The number of rotatable bonds is 4.